The van der Waals surface area contributed by atoms with E-state index in [1.54, 1.807) is 13.2 Å². The summed E-state index contributed by atoms with van der Waals surface area (Å²) >= 11 is 1.49. The van der Waals surface area contributed by atoms with Gasteiger partial charge >= 0.3 is 5.97 Å². The van der Waals surface area contributed by atoms with Gasteiger partial charge in [-0.1, -0.05) is 11.8 Å². The number of hydrogen-bond donors (Lipinski definition) is 1. The molecular weight excluding hydrogens is 204 g/mol. The van der Waals surface area contributed by atoms with Crippen LogP contribution < -0.4 is 0 Å². The lowest BCUT2D eigenvalue weighted by Crippen LogP contribution is -1.91. The number of aromatic carboxylic acids is 1. The number of thioether (sulfide) groups is 1. The fourth-order valence-electron chi connectivity index (χ4n) is 0.889. The molecule has 0 fully saturated rings. The molecule has 14 heavy (non-hydrogen) atoms. The van der Waals surface area contributed by atoms with Crippen molar-refractivity contribution in [3.8, 4) is 0 Å². The summed E-state index contributed by atoms with van der Waals surface area (Å²) in [4.78, 5) is 10.5. The Morgan fingerprint density at radius 3 is 3.00 bits per heavy atom. The maximum Gasteiger partial charge on any atom is 0.371 e. The molecule has 1 heterocycles. The molecule has 0 unspecified atom stereocenters. The number of rotatable bonds is 6. The van der Waals surface area contributed by atoms with Crippen LogP contribution in [0.3, 0.4) is 0 Å². The van der Waals surface area contributed by atoms with E-state index < -0.39 is 5.97 Å². The summed E-state index contributed by atoms with van der Waals surface area (Å²) in [5.74, 6) is -0.187. The van der Waals surface area contributed by atoms with Crippen molar-refractivity contribution >= 4 is 17.7 Å². The first-order chi connectivity index (χ1) is 6.74. The molecule has 0 amide bonds. The lowest BCUT2D eigenvalue weighted by molar-refractivity contribution is 0.0656. The summed E-state index contributed by atoms with van der Waals surface area (Å²) in [7, 11) is 1.65. The lowest BCUT2D eigenvalue weighted by Gasteiger charge is -1.96. The van der Waals surface area contributed by atoms with Gasteiger partial charge in [-0.3, -0.25) is 0 Å². The highest BCUT2D eigenvalue weighted by atomic mass is 32.2. The van der Waals surface area contributed by atoms with Gasteiger partial charge in [-0.05, 0) is 18.6 Å². The van der Waals surface area contributed by atoms with Crippen molar-refractivity contribution in [3.05, 3.63) is 17.9 Å². The highest BCUT2D eigenvalue weighted by molar-refractivity contribution is 7.99. The van der Waals surface area contributed by atoms with E-state index in [4.69, 9.17) is 14.3 Å². The molecule has 0 aliphatic rings. The maximum absolute atomic E-state index is 10.5. The fraction of sp³-hybridized carbons (Fsp3) is 0.444. The van der Waals surface area contributed by atoms with Crippen LogP contribution in [-0.2, 0) is 4.74 Å². The summed E-state index contributed by atoms with van der Waals surface area (Å²) in [6, 6.07) is 3.13. The lowest BCUT2D eigenvalue weighted by atomic mass is 10.5. The smallest absolute Gasteiger partial charge is 0.371 e. The van der Waals surface area contributed by atoms with E-state index in [2.05, 4.69) is 0 Å². The number of methoxy groups -OCH3 is 1. The van der Waals surface area contributed by atoms with Crippen LogP contribution >= 0.6 is 11.8 Å². The summed E-state index contributed by atoms with van der Waals surface area (Å²) in [6.07, 6.45) is 0.921. The second kappa shape index (κ2) is 5.72. The Morgan fingerprint density at radius 2 is 2.43 bits per heavy atom. The third-order valence-corrected chi connectivity index (χ3v) is 2.53. The number of carboxylic acids is 1. The molecule has 1 aromatic heterocycles. The summed E-state index contributed by atoms with van der Waals surface area (Å²) in [5, 5.41) is 9.22. The molecule has 0 aliphatic carbocycles. The Labute approximate surface area is 86.2 Å². The second-order valence-corrected chi connectivity index (χ2v) is 3.72. The van der Waals surface area contributed by atoms with Crippen LogP contribution in [0.15, 0.2) is 21.6 Å². The number of carboxylic acid groups (broad SMARTS) is 1. The van der Waals surface area contributed by atoms with Crippen LogP contribution in [0.2, 0.25) is 0 Å². The molecule has 0 saturated carbocycles. The fourth-order valence-corrected chi connectivity index (χ4v) is 1.67. The predicted octanol–water partition coefficient (Wildman–Crippen LogP) is 2.11. The Hall–Kier alpha value is -0.940. The van der Waals surface area contributed by atoms with Gasteiger partial charge in [-0.25, -0.2) is 4.79 Å². The van der Waals surface area contributed by atoms with E-state index in [9.17, 15) is 4.79 Å². The normalized spacial score (nSPS) is 10.4. The molecule has 1 rings (SSSR count). The molecule has 0 radical (unpaired) electrons. The van der Waals surface area contributed by atoms with Crippen LogP contribution in [-0.4, -0.2) is 30.5 Å². The zero-order valence-corrected chi connectivity index (χ0v) is 8.67. The Bertz CT molecular complexity index is 295. The minimum Gasteiger partial charge on any atom is -0.475 e. The monoisotopic (exact) mass is 216 g/mol. The molecule has 0 aliphatic heterocycles. The standard InChI is InChI=1S/C9H12O4S/c1-12-5-2-6-14-8-4-3-7(13-8)9(10)11/h3-4H,2,5-6H2,1H3,(H,10,11). The van der Waals surface area contributed by atoms with Gasteiger partial charge in [0.2, 0.25) is 5.76 Å². The minimum atomic E-state index is -1.03. The van der Waals surface area contributed by atoms with Gasteiger partial charge in [-0.15, -0.1) is 0 Å². The van der Waals surface area contributed by atoms with E-state index in [-0.39, 0.29) is 5.76 Å². The Morgan fingerprint density at radius 1 is 1.64 bits per heavy atom. The van der Waals surface area contributed by atoms with E-state index >= 15 is 0 Å². The maximum atomic E-state index is 10.5. The van der Waals surface area contributed by atoms with Crippen LogP contribution in [0.25, 0.3) is 0 Å². The Kier molecular flexibility index (Phi) is 4.55. The van der Waals surface area contributed by atoms with Gasteiger partial charge in [-0.2, -0.15) is 0 Å². The van der Waals surface area contributed by atoms with Crippen molar-refractivity contribution < 1.29 is 19.1 Å². The molecule has 5 heteroatoms. The van der Waals surface area contributed by atoms with Crippen LogP contribution in [0.4, 0.5) is 0 Å². The highest BCUT2D eigenvalue weighted by Gasteiger charge is 2.08. The first kappa shape index (κ1) is 11.1. The third-order valence-electron chi connectivity index (χ3n) is 1.53. The van der Waals surface area contributed by atoms with Gasteiger partial charge in [0.05, 0.1) is 0 Å². The number of ether oxygens (including phenoxy) is 1. The van der Waals surface area contributed by atoms with Gasteiger partial charge in [0, 0.05) is 19.5 Å². The zero-order valence-electron chi connectivity index (χ0n) is 7.86. The molecule has 1 N–H and O–H groups in total. The minimum absolute atomic E-state index is 0.0146. The van der Waals surface area contributed by atoms with Gasteiger partial charge in [0.25, 0.3) is 0 Å². The van der Waals surface area contributed by atoms with E-state index in [1.807, 2.05) is 0 Å². The van der Waals surface area contributed by atoms with Crippen molar-refractivity contribution in [3.63, 3.8) is 0 Å². The molecule has 0 spiro atoms. The van der Waals surface area contributed by atoms with Crippen molar-refractivity contribution in [2.24, 2.45) is 0 Å². The number of furan rings is 1. The summed E-state index contributed by atoms with van der Waals surface area (Å²) < 4.78 is 9.93. The molecule has 0 saturated heterocycles. The summed E-state index contributed by atoms with van der Waals surface area (Å²) in [6.45, 7) is 0.708. The number of carbonyl (C=O) groups is 1. The first-order valence-corrected chi connectivity index (χ1v) is 5.17. The topological polar surface area (TPSA) is 59.7 Å². The third kappa shape index (κ3) is 3.43. The SMILES string of the molecule is COCCCSc1ccc(C(=O)O)o1. The van der Waals surface area contributed by atoms with Crippen LogP contribution in [0, 0.1) is 0 Å². The largest absolute Gasteiger partial charge is 0.475 e. The predicted molar refractivity (Wildman–Crippen MR) is 52.9 cm³/mol. The quantitative estimate of drug-likeness (QED) is 0.583. The zero-order chi connectivity index (χ0) is 10.4. The second-order valence-electron chi connectivity index (χ2n) is 2.62. The Balaban J connectivity index is 2.33. The molecule has 4 nitrogen and oxygen atoms in total. The van der Waals surface area contributed by atoms with Crippen molar-refractivity contribution in [1.82, 2.24) is 0 Å². The molecule has 0 bridgehead atoms. The van der Waals surface area contributed by atoms with E-state index in [1.165, 1.54) is 17.8 Å². The van der Waals surface area contributed by atoms with Crippen LogP contribution in [0.5, 0.6) is 0 Å². The van der Waals surface area contributed by atoms with Gasteiger partial charge < -0.3 is 14.3 Å². The first-order valence-electron chi connectivity index (χ1n) is 4.19. The number of hydrogen-bond acceptors (Lipinski definition) is 4. The van der Waals surface area contributed by atoms with E-state index in [0.717, 1.165) is 12.2 Å². The van der Waals surface area contributed by atoms with Gasteiger partial charge in [0.1, 0.15) is 0 Å². The summed E-state index contributed by atoms with van der Waals surface area (Å²) in [5.41, 5.74) is 0. The van der Waals surface area contributed by atoms with Crippen molar-refractivity contribution in [2.75, 3.05) is 19.5 Å². The highest BCUT2D eigenvalue weighted by Crippen LogP contribution is 2.21. The molecule has 1 aromatic rings. The molecule has 78 valence electrons. The van der Waals surface area contributed by atoms with Crippen molar-refractivity contribution in [1.29, 1.82) is 0 Å². The van der Waals surface area contributed by atoms with Crippen LogP contribution in [0.1, 0.15) is 17.0 Å². The van der Waals surface area contributed by atoms with Gasteiger partial charge in [0.15, 0.2) is 5.09 Å². The molecule has 0 aromatic carbocycles. The average molecular weight is 216 g/mol. The average Bonchev–Trinajstić information content (AvgIpc) is 2.61. The molecular formula is C9H12O4S. The van der Waals surface area contributed by atoms with E-state index in [0.29, 0.717) is 11.7 Å². The molecule has 0 atom stereocenters. The van der Waals surface area contributed by atoms with Crippen molar-refractivity contribution in [2.45, 2.75) is 11.5 Å².